The third-order valence-electron chi connectivity index (χ3n) is 2.83. The average Bonchev–Trinajstić information content (AvgIpc) is 2.84. The zero-order valence-electron chi connectivity index (χ0n) is 15.5. The number of carbonyl (C=O) groups is 1. The van der Waals surface area contributed by atoms with Crippen LogP contribution in [-0.4, -0.2) is 43.2 Å². The first-order valence-electron chi connectivity index (χ1n) is 8.19. The number of amides is 1. The van der Waals surface area contributed by atoms with Gasteiger partial charge >= 0.3 is 13.9 Å². The van der Waals surface area contributed by atoms with Gasteiger partial charge in [-0.1, -0.05) is 0 Å². The molecule has 1 heterocycles. The zero-order valence-corrected chi connectivity index (χ0v) is 16.4. The Morgan fingerprint density at radius 3 is 2.21 bits per heavy atom. The molecule has 1 saturated heterocycles. The highest BCUT2D eigenvalue weighted by molar-refractivity contribution is 7.48. The second-order valence-corrected chi connectivity index (χ2v) is 9.23. The molecule has 0 radical (unpaired) electrons. The molecule has 0 aliphatic carbocycles. The first kappa shape index (κ1) is 21.4. The molecule has 9 heteroatoms. The minimum atomic E-state index is -3.88. The summed E-state index contributed by atoms with van der Waals surface area (Å²) in [5.41, 5.74) is -1.48. The number of nitrogens with one attached hydrogen (secondary N) is 2. The Kier molecular flexibility index (Phi) is 7.69. The molecule has 8 nitrogen and oxygen atoms in total. The predicted molar refractivity (Wildman–Crippen MR) is 90.7 cm³/mol. The number of hydrogen-bond donors (Lipinski definition) is 2. The van der Waals surface area contributed by atoms with E-state index >= 15 is 0 Å². The number of phosphoric acid groups is 1. The van der Waals surface area contributed by atoms with Gasteiger partial charge in [-0.05, 0) is 60.9 Å². The number of alkyl carbamates (subject to hydrolysis) is 1. The summed E-state index contributed by atoms with van der Waals surface area (Å²) in [6.45, 7) is 11.3. The van der Waals surface area contributed by atoms with Crippen LogP contribution in [0.1, 0.15) is 54.4 Å². The lowest BCUT2D eigenvalue weighted by atomic mass is 10.2. The highest BCUT2D eigenvalue weighted by Crippen LogP contribution is 2.55. The van der Waals surface area contributed by atoms with Gasteiger partial charge in [0.15, 0.2) is 0 Å². The average molecular weight is 366 g/mol. The van der Waals surface area contributed by atoms with Crippen LogP contribution >= 0.6 is 7.82 Å². The molecule has 1 rings (SSSR count). The predicted octanol–water partition coefficient (Wildman–Crippen LogP) is 3.18. The molecular formula is C15H31N2O6P. The number of rotatable bonds is 7. The van der Waals surface area contributed by atoms with Crippen LogP contribution in [0.2, 0.25) is 0 Å². The van der Waals surface area contributed by atoms with Gasteiger partial charge in [0, 0.05) is 12.6 Å². The van der Waals surface area contributed by atoms with Crippen LogP contribution in [0.15, 0.2) is 0 Å². The maximum absolute atomic E-state index is 12.7. The normalized spacial score (nSPS) is 19.3. The summed E-state index contributed by atoms with van der Waals surface area (Å²) in [7, 11) is -3.88. The molecule has 0 bridgehead atoms. The van der Waals surface area contributed by atoms with E-state index in [0.717, 1.165) is 19.4 Å². The minimum absolute atomic E-state index is 0.262. The molecule has 0 aromatic heterocycles. The Labute approximate surface area is 144 Å². The number of phosphoric ester groups is 1. The van der Waals surface area contributed by atoms with Gasteiger partial charge in [-0.2, -0.15) is 0 Å². The van der Waals surface area contributed by atoms with Gasteiger partial charge in [-0.3, -0.25) is 9.05 Å². The summed E-state index contributed by atoms with van der Waals surface area (Å²) in [6.07, 6.45) is 1.48. The van der Waals surface area contributed by atoms with Crippen molar-refractivity contribution in [1.82, 2.24) is 10.6 Å². The van der Waals surface area contributed by atoms with Crippen LogP contribution in [0.3, 0.4) is 0 Å². The van der Waals surface area contributed by atoms with E-state index in [0.29, 0.717) is 6.54 Å². The highest BCUT2D eigenvalue weighted by atomic mass is 31.2. The Morgan fingerprint density at radius 2 is 1.75 bits per heavy atom. The maximum Gasteiger partial charge on any atom is 0.478 e. The van der Waals surface area contributed by atoms with Gasteiger partial charge in [0.25, 0.3) is 0 Å². The number of ether oxygens (including phenoxy) is 1. The lowest BCUT2D eigenvalue weighted by Crippen LogP contribution is -2.37. The van der Waals surface area contributed by atoms with E-state index in [4.69, 9.17) is 18.3 Å². The topological polar surface area (TPSA) is 95.1 Å². The summed E-state index contributed by atoms with van der Waals surface area (Å²) in [6, 6.07) is 0.262. The van der Waals surface area contributed by atoms with Crippen molar-refractivity contribution < 1.29 is 27.7 Å². The monoisotopic (exact) mass is 366 g/mol. The molecule has 0 unspecified atom stereocenters. The standard InChI is InChI=1S/C15H31N2O6P/c1-14(2,3)22-24(19,23-15(4,5)6)21-11-20-13(18)17-10-12-8-7-9-16-12/h12,16H,7-11H2,1-6H3,(H,17,18)/t12-/m0/s1. The first-order chi connectivity index (χ1) is 10.9. The van der Waals surface area contributed by atoms with Crippen LogP contribution in [-0.2, 0) is 22.9 Å². The molecule has 0 spiro atoms. The van der Waals surface area contributed by atoms with Crippen LogP contribution < -0.4 is 10.6 Å². The van der Waals surface area contributed by atoms with Crippen molar-refractivity contribution >= 4 is 13.9 Å². The van der Waals surface area contributed by atoms with E-state index in [9.17, 15) is 9.36 Å². The fourth-order valence-corrected chi connectivity index (χ4v) is 3.74. The molecule has 142 valence electrons. The maximum atomic E-state index is 12.7. The molecular weight excluding hydrogens is 335 g/mol. The Hall–Kier alpha value is -0.660. The Bertz CT molecular complexity index is 432. The van der Waals surface area contributed by atoms with E-state index in [1.165, 1.54) is 0 Å². The van der Waals surface area contributed by atoms with Crippen molar-refractivity contribution in [3.63, 3.8) is 0 Å². The van der Waals surface area contributed by atoms with Crippen molar-refractivity contribution in [1.29, 1.82) is 0 Å². The van der Waals surface area contributed by atoms with E-state index in [1.807, 2.05) is 0 Å². The van der Waals surface area contributed by atoms with Crippen molar-refractivity contribution in [2.24, 2.45) is 0 Å². The van der Waals surface area contributed by atoms with Gasteiger partial charge < -0.3 is 15.4 Å². The van der Waals surface area contributed by atoms with Crippen molar-refractivity contribution in [2.45, 2.75) is 71.6 Å². The molecule has 1 fully saturated rings. The summed E-state index contributed by atoms with van der Waals surface area (Å²) < 4.78 is 33.6. The summed E-state index contributed by atoms with van der Waals surface area (Å²) in [4.78, 5) is 11.6. The van der Waals surface area contributed by atoms with E-state index in [2.05, 4.69) is 10.6 Å². The van der Waals surface area contributed by atoms with Crippen molar-refractivity contribution in [3.05, 3.63) is 0 Å². The van der Waals surface area contributed by atoms with Gasteiger partial charge in [0.2, 0.25) is 6.79 Å². The molecule has 0 aromatic rings. The summed E-state index contributed by atoms with van der Waals surface area (Å²) in [5, 5.41) is 5.89. The number of hydrogen-bond acceptors (Lipinski definition) is 7. The van der Waals surface area contributed by atoms with Crippen LogP contribution in [0, 0.1) is 0 Å². The third kappa shape index (κ3) is 9.59. The van der Waals surface area contributed by atoms with E-state index in [1.54, 1.807) is 41.5 Å². The van der Waals surface area contributed by atoms with Gasteiger partial charge in [-0.25, -0.2) is 13.9 Å². The Balaban J connectivity index is 2.43. The fraction of sp³-hybridized carbons (Fsp3) is 0.933. The summed E-state index contributed by atoms with van der Waals surface area (Å²) >= 11 is 0. The fourth-order valence-electron chi connectivity index (χ4n) is 2.08. The third-order valence-corrected chi connectivity index (χ3v) is 4.79. The van der Waals surface area contributed by atoms with Gasteiger partial charge in [0.1, 0.15) is 0 Å². The quantitative estimate of drug-likeness (QED) is 0.528. The largest absolute Gasteiger partial charge is 0.478 e. The SMILES string of the molecule is CC(C)(C)OP(=O)(OCOC(=O)NC[C@@H]1CCCN1)OC(C)(C)C. The van der Waals surface area contributed by atoms with Gasteiger partial charge in [-0.15, -0.1) is 0 Å². The summed E-state index contributed by atoms with van der Waals surface area (Å²) in [5.74, 6) is 0. The Morgan fingerprint density at radius 1 is 1.17 bits per heavy atom. The minimum Gasteiger partial charge on any atom is -0.422 e. The molecule has 24 heavy (non-hydrogen) atoms. The molecule has 1 aliphatic rings. The van der Waals surface area contributed by atoms with Crippen LogP contribution in [0.25, 0.3) is 0 Å². The van der Waals surface area contributed by atoms with E-state index in [-0.39, 0.29) is 6.04 Å². The molecule has 1 aliphatic heterocycles. The number of carbonyl (C=O) groups excluding carboxylic acids is 1. The first-order valence-corrected chi connectivity index (χ1v) is 9.65. The molecule has 0 saturated carbocycles. The molecule has 2 N–H and O–H groups in total. The zero-order chi connectivity index (χ0) is 18.4. The van der Waals surface area contributed by atoms with Crippen LogP contribution in [0.5, 0.6) is 0 Å². The van der Waals surface area contributed by atoms with Crippen LogP contribution in [0.4, 0.5) is 4.79 Å². The second kappa shape index (κ2) is 8.63. The lowest BCUT2D eigenvalue weighted by molar-refractivity contribution is -0.0286. The van der Waals surface area contributed by atoms with Crippen molar-refractivity contribution in [3.8, 4) is 0 Å². The van der Waals surface area contributed by atoms with Gasteiger partial charge in [0.05, 0.1) is 11.2 Å². The van der Waals surface area contributed by atoms with Crippen molar-refractivity contribution in [2.75, 3.05) is 19.9 Å². The smallest absolute Gasteiger partial charge is 0.422 e. The second-order valence-electron chi connectivity index (χ2n) is 7.71. The van der Waals surface area contributed by atoms with E-state index < -0.39 is 31.9 Å². The molecule has 0 aromatic carbocycles. The molecule has 1 amide bonds. The highest BCUT2D eigenvalue weighted by Gasteiger charge is 2.37. The molecule has 1 atom stereocenters. The lowest BCUT2D eigenvalue weighted by Gasteiger charge is -2.30.